The molecule has 1 amide bonds. The molecule has 0 aliphatic carbocycles. The standard InChI is InChI=1S/C20H18N2O5/c1-3-27-20(25)17(12-21)18(23)13-7-9-15(10-8-13)22-19(24)14-5-4-6-16(11-14)26-2/h4-11,17H,3H2,1-2H3,(H,22,24)/t17-/m1/s1. The van der Waals surface area contributed by atoms with E-state index in [1.54, 1.807) is 37.3 Å². The van der Waals surface area contributed by atoms with E-state index < -0.39 is 17.7 Å². The molecule has 2 aromatic carbocycles. The van der Waals surface area contributed by atoms with E-state index in [1.807, 2.05) is 0 Å². The Hall–Kier alpha value is -3.66. The Morgan fingerprint density at radius 1 is 1.11 bits per heavy atom. The molecule has 0 aliphatic rings. The van der Waals surface area contributed by atoms with Crippen LogP contribution in [0.15, 0.2) is 48.5 Å². The van der Waals surface area contributed by atoms with Crippen LogP contribution in [-0.4, -0.2) is 31.4 Å². The van der Waals surface area contributed by atoms with Crippen molar-refractivity contribution in [3.05, 3.63) is 59.7 Å². The van der Waals surface area contributed by atoms with Gasteiger partial charge < -0.3 is 14.8 Å². The molecule has 27 heavy (non-hydrogen) atoms. The minimum Gasteiger partial charge on any atom is -0.497 e. The molecule has 0 heterocycles. The van der Waals surface area contributed by atoms with Gasteiger partial charge in [0.2, 0.25) is 5.92 Å². The number of carbonyl (C=O) groups is 3. The Morgan fingerprint density at radius 2 is 1.81 bits per heavy atom. The van der Waals surface area contributed by atoms with E-state index >= 15 is 0 Å². The Balaban J connectivity index is 2.10. The van der Waals surface area contributed by atoms with Gasteiger partial charge in [0.25, 0.3) is 5.91 Å². The summed E-state index contributed by atoms with van der Waals surface area (Å²) in [6, 6.07) is 14.2. The maximum Gasteiger partial charge on any atom is 0.331 e. The van der Waals surface area contributed by atoms with Crippen LogP contribution in [0.5, 0.6) is 5.75 Å². The summed E-state index contributed by atoms with van der Waals surface area (Å²) in [6.45, 7) is 1.68. The Morgan fingerprint density at radius 3 is 2.41 bits per heavy atom. The van der Waals surface area contributed by atoms with Crippen LogP contribution in [0.25, 0.3) is 0 Å². The Labute approximate surface area is 156 Å². The summed E-state index contributed by atoms with van der Waals surface area (Å²) in [5, 5.41) is 11.8. The number of methoxy groups -OCH3 is 1. The summed E-state index contributed by atoms with van der Waals surface area (Å²) in [6.07, 6.45) is 0. The van der Waals surface area contributed by atoms with Gasteiger partial charge in [-0.15, -0.1) is 0 Å². The predicted octanol–water partition coefficient (Wildman–Crippen LogP) is 2.83. The van der Waals surface area contributed by atoms with E-state index in [9.17, 15) is 14.4 Å². The average molecular weight is 366 g/mol. The van der Waals surface area contributed by atoms with Crippen LogP contribution in [0.1, 0.15) is 27.6 Å². The molecule has 7 heteroatoms. The molecule has 0 spiro atoms. The number of rotatable bonds is 7. The third-order valence-corrected chi connectivity index (χ3v) is 3.67. The molecule has 0 saturated heterocycles. The zero-order chi connectivity index (χ0) is 19.8. The first-order valence-electron chi connectivity index (χ1n) is 8.16. The zero-order valence-electron chi connectivity index (χ0n) is 14.9. The maximum absolute atomic E-state index is 12.3. The van der Waals surface area contributed by atoms with Gasteiger partial charge in [0, 0.05) is 16.8 Å². The predicted molar refractivity (Wildman–Crippen MR) is 97.5 cm³/mol. The average Bonchev–Trinajstić information content (AvgIpc) is 2.69. The number of hydrogen-bond acceptors (Lipinski definition) is 6. The molecule has 1 N–H and O–H groups in total. The minimum absolute atomic E-state index is 0.0829. The first-order chi connectivity index (χ1) is 13.0. The lowest BCUT2D eigenvalue weighted by molar-refractivity contribution is -0.144. The van der Waals surface area contributed by atoms with Crippen LogP contribution >= 0.6 is 0 Å². The number of anilines is 1. The fraction of sp³-hybridized carbons (Fsp3) is 0.200. The molecule has 138 valence electrons. The van der Waals surface area contributed by atoms with E-state index in [4.69, 9.17) is 14.7 Å². The fourth-order valence-electron chi connectivity index (χ4n) is 2.30. The molecule has 0 unspecified atom stereocenters. The largest absolute Gasteiger partial charge is 0.497 e. The van der Waals surface area contributed by atoms with Gasteiger partial charge in [-0.25, -0.2) is 0 Å². The van der Waals surface area contributed by atoms with Crippen molar-refractivity contribution in [3.8, 4) is 11.8 Å². The number of Topliss-reactive ketones (excluding diaryl/α,β-unsaturated/α-hetero) is 1. The van der Waals surface area contributed by atoms with Crippen LogP contribution < -0.4 is 10.1 Å². The summed E-state index contributed by atoms with van der Waals surface area (Å²) < 4.78 is 9.82. The number of benzene rings is 2. The Kier molecular flexibility index (Phi) is 6.67. The number of esters is 1. The molecule has 0 aromatic heterocycles. The quantitative estimate of drug-likeness (QED) is 0.459. The molecular formula is C20H18N2O5. The highest BCUT2D eigenvalue weighted by Crippen LogP contribution is 2.17. The lowest BCUT2D eigenvalue weighted by Crippen LogP contribution is -2.25. The number of amides is 1. The monoisotopic (exact) mass is 366 g/mol. The summed E-state index contributed by atoms with van der Waals surface area (Å²) in [5.41, 5.74) is 1.05. The van der Waals surface area contributed by atoms with E-state index in [0.29, 0.717) is 17.0 Å². The van der Waals surface area contributed by atoms with Crippen LogP contribution in [0, 0.1) is 17.2 Å². The SMILES string of the molecule is CCOC(=O)[C@H](C#N)C(=O)c1ccc(NC(=O)c2cccc(OC)c2)cc1. The van der Waals surface area contributed by atoms with Gasteiger partial charge in [0.15, 0.2) is 5.78 Å². The lowest BCUT2D eigenvalue weighted by atomic mass is 9.99. The van der Waals surface area contributed by atoms with E-state index in [0.717, 1.165) is 0 Å². The number of nitrogens with zero attached hydrogens (tertiary/aromatic N) is 1. The topological polar surface area (TPSA) is 105 Å². The van der Waals surface area contributed by atoms with Gasteiger partial charge in [0.05, 0.1) is 19.8 Å². The van der Waals surface area contributed by atoms with Crippen molar-refractivity contribution in [1.82, 2.24) is 0 Å². The van der Waals surface area contributed by atoms with Crippen LogP contribution in [0.2, 0.25) is 0 Å². The second-order valence-corrected chi connectivity index (χ2v) is 5.44. The smallest absolute Gasteiger partial charge is 0.331 e. The van der Waals surface area contributed by atoms with Crippen molar-refractivity contribution in [1.29, 1.82) is 5.26 Å². The molecule has 0 fully saturated rings. The molecule has 0 saturated carbocycles. The molecule has 7 nitrogen and oxygen atoms in total. The van der Waals surface area contributed by atoms with Crippen molar-refractivity contribution >= 4 is 23.3 Å². The highest BCUT2D eigenvalue weighted by Gasteiger charge is 2.28. The lowest BCUT2D eigenvalue weighted by Gasteiger charge is -2.09. The molecule has 0 radical (unpaired) electrons. The summed E-state index contributed by atoms with van der Waals surface area (Å²) in [5.74, 6) is -2.82. The summed E-state index contributed by atoms with van der Waals surface area (Å²) in [7, 11) is 1.51. The number of ether oxygens (including phenoxy) is 2. The summed E-state index contributed by atoms with van der Waals surface area (Å²) >= 11 is 0. The van der Waals surface area contributed by atoms with Gasteiger partial charge in [-0.1, -0.05) is 6.07 Å². The molecule has 1 atom stereocenters. The maximum atomic E-state index is 12.3. The van der Waals surface area contributed by atoms with E-state index in [-0.39, 0.29) is 18.1 Å². The van der Waals surface area contributed by atoms with Crippen molar-refractivity contribution in [3.63, 3.8) is 0 Å². The van der Waals surface area contributed by atoms with Crippen LogP contribution in [0.3, 0.4) is 0 Å². The molecule has 2 aromatic rings. The summed E-state index contributed by atoms with van der Waals surface area (Å²) in [4.78, 5) is 36.2. The number of ketones is 1. The first kappa shape index (κ1) is 19.7. The van der Waals surface area contributed by atoms with E-state index in [1.165, 1.54) is 31.4 Å². The molecule has 0 bridgehead atoms. The van der Waals surface area contributed by atoms with Gasteiger partial charge in [0.1, 0.15) is 5.75 Å². The van der Waals surface area contributed by atoms with E-state index in [2.05, 4.69) is 5.32 Å². The second kappa shape index (κ2) is 9.15. The van der Waals surface area contributed by atoms with Gasteiger partial charge in [-0.3, -0.25) is 14.4 Å². The second-order valence-electron chi connectivity index (χ2n) is 5.44. The molecule has 0 aliphatic heterocycles. The normalized spacial score (nSPS) is 11.0. The van der Waals surface area contributed by atoms with Crippen molar-refractivity contribution in [2.45, 2.75) is 6.92 Å². The van der Waals surface area contributed by atoms with Gasteiger partial charge in [-0.05, 0) is 49.4 Å². The van der Waals surface area contributed by atoms with Gasteiger partial charge in [-0.2, -0.15) is 5.26 Å². The Bertz CT molecular complexity index is 884. The highest BCUT2D eigenvalue weighted by molar-refractivity contribution is 6.11. The van der Waals surface area contributed by atoms with Gasteiger partial charge >= 0.3 is 5.97 Å². The van der Waals surface area contributed by atoms with Crippen LogP contribution in [0.4, 0.5) is 5.69 Å². The number of hydrogen-bond donors (Lipinski definition) is 1. The fourth-order valence-corrected chi connectivity index (χ4v) is 2.30. The molecular weight excluding hydrogens is 348 g/mol. The number of carbonyl (C=O) groups excluding carboxylic acids is 3. The van der Waals surface area contributed by atoms with Crippen LogP contribution in [-0.2, 0) is 9.53 Å². The highest BCUT2D eigenvalue weighted by atomic mass is 16.5. The van der Waals surface area contributed by atoms with Crippen molar-refractivity contribution < 1.29 is 23.9 Å². The number of nitriles is 1. The third-order valence-electron chi connectivity index (χ3n) is 3.67. The minimum atomic E-state index is -1.51. The third kappa shape index (κ3) is 4.92. The number of nitrogens with one attached hydrogen (secondary N) is 1. The van der Waals surface area contributed by atoms with Crippen molar-refractivity contribution in [2.24, 2.45) is 5.92 Å². The van der Waals surface area contributed by atoms with Crippen molar-refractivity contribution in [2.75, 3.05) is 19.0 Å². The molecule has 2 rings (SSSR count). The zero-order valence-corrected chi connectivity index (χ0v) is 14.9. The first-order valence-corrected chi connectivity index (χ1v) is 8.16.